The molecule has 0 bridgehead atoms. The number of ether oxygens (including phenoxy) is 2. The number of hydrogen-bond donors (Lipinski definition) is 1. The smallest absolute Gasteiger partial charge is 0.454 e. The van der Waals surface area contributed by atoms with Gasteiger partial charge in [0, 0.05) is 23.7 Å². The van der Waals surface area contributed by atoms with Crippen LogP contribution in [-0.2, 0) is 11.1 Å². The Labute approximate surface area is 153 Å². The maximum Gasteiger partial charge on any atom is 0.454 e. The van der Waals surface area contributed by atoms with Crippen molar-refractivity contribution in [3.63, 3.8) is 0 Å². The normalized spacial score (nSPS) is 21.2. The van der Waals surface area contributed by atoms with Gasteiger partial charge >= 0.3 is 7.12 Å². The molecule has 1 aromatic carbocycles. The van der Waals surface area contributed by atoms with Crippen LogP contribution in [0.5, 0.6) is 11.5 Å². The fourth-order valence-corrected chi connectivity index (χ4v) is 3.70. The molecular formula is C19H23BN2O4. The zero-order valence-electron chi connectivity index (χ0n) is 15.4. The average molecular weight is 354 g/mol. The number of methoxy groups -OCH3 is 1. The van der Waals surface area contributed by atoms with Gasteiger partial charge in [-0.05, 0) is 56.8 Å². The van der Waals surface area contributed by atoms with Crippen LogP contribution < -0.4 is 9.47 Å². The van der Waals surface area contributed by atoms with Crippen molar-refractivity contribution in [3.05, 3.63) is 35.5 Å². The fourth-order valence-electron chi connectivity index (χ4n) is 3.70. The number of nitrogens with zero attached hydrogens (tertiary/aromatic N) is 2. The van der Waals surface area contributed by atoms with E-state index in [0.717, 1.165) is 46.7 Å². The largest absolute Gasteiger partial charge is 0.493 e. The van der Waals surface area contributed by atoms with Crippen LogP contribution in [0.4, 0.5) is 0 Å². The van der Waals surface area contributed by atoms with Crippen LogP contribution in [0, 0.1) is 0 Å². The highest BCUT2D eigenvalue weighted by atomic mass is 16.5. The molecule has 0 saturated carbocycles. The molecule has 26 heavy (non-hydrogen) atoms. The molecule has 1 fully saturated rings. The van der Waals surface area contributed by atoms with Gasteiger partial charge in [-0.25, -0.2) is 0 Å². The molecule has 0 radical (unpaired) electrons. The molecule has 2 aromatic rings. The third-order valence-electron chi connectivity index (χ3n) is 5.20. The summed E-state index contributed by atoms with van der Waals surface area (Å²) in [6, 6.07) is 5.99. The Kier molecular flexibility index (Phi) is 4.36. The molecule has 136 valence electrons. The summed E-state index contributed by atoms with van der Waals surface area (Å²) in [7, 11) is 0.965. The van der Waals surface area contributed by atoms with E-state index in [9.17, 15) is 5.02 Å². The van der Waals surface area contributed by atoms with Crippen molar-refractivity contribution >= 4 is 7.12 Å². The summed E-state index contributed by atoms with van der Waals surface area (Å²) in [4.78, 5) is 0. The Morgan fingerprint density at radius 1 is 1.35 bits per heavy atom. The van der Waals surface area contributed by atoms with E-state index in [2.05, 4.69) is 24.0 Å². The number of fused-ring (bicyclic) bond motifs is 1. The molecule has 7 heteroatoms. The summed E-state index contributed by atoms with van der Waals surface area (Å²) in [5, 5.41) is 18.2. The number of rotatable bonds is 3. The summed E-state index contributed by atoms with van der Waals surface area (Å²) in [6.45, 7) is 4.69. The first-order valence-corrected chi connectivity index (χ1v) is 8.98. The maximum atomic E-state index is 9.62. The van der Waals surface area contributed by atoms with Crippen molar-refractivity contribution < 1.29 is 19.2 Å². The Morgan fingerprint density at radius 3 is 2.92 bits per heavy atom. The Balaban J connectivity index is 1.75. The van der Waals surface area contributed by atoms with Gasteiger partial charge in [0.15, 0.2) is 11.5 Å². The quantitative estimate of drug-likeness (QED) is 0.855. The fraction of sp³-hybridized carbons (Fsp3) is 0.474. The second-order valence-corrected chi connectivity index (χ2v) is 7.58. The third kappa shape index (κ3) is 3.17. The lowest BCUT2D eigenvalue weighted by molar-refractivity contribution is 0.0806. The van der Waals surface area contributed by atoms with Gasteiger partial charge in [0.2, 0.25) is 0 Å². The summed E-state index contributed by atoms with van der Waals surface area (Å²) in [5.41, 5.74) is 3.76. The predicted molar refractivity (Wildman–Crippen MR) is 98.5 cm³/mol. The summed E-state index contributed by atoms with van der Waals surface area (Å²) in [5.74, 6) is 1.68. The summed E-state index contributed by atoms with van der Waals surface area (Å²) < 4.78 is 17.0. The molecule has 2 aliphatic rings. The lowest BCUT2D eigenvalue weighted by atomic mass is 9.80. The molecule has 1 atom stereocenters. The highest BCUT2D eigenvalue weighted by Crippen LogP contribution is 2.44. The molecule has 2 aliphatic heterocycles. The van der Waals surface area contributed by atoms with E-state index in [-0.39, 0.29) is 11.5 Å². The predicted octanol–water partition coefficient (Wildman–Crippen LogP) is 2.85. The van der Waals surface area contributed by atoms with E-state index < -0.39 is 7.12 Å². The van der Waals surface area contributed by atoms with Crippen LogP contribution in [0.1, 0.15) is 37.3 Å². The molecule has 0 spiro atoms. The van der Waals surface area contributed by atoms with Gasteiger partial charge in [0.25, 0.3) is 0 Å². The van der Waals surface area contributed by atoms with Gasteiger partial charge in [-0.2, -0.15) is 10.2 Å². The van der Waals surface area contributed by atoms with Gasteiger partial charge in [0.1, 0.15) is 5.60 Å². The highest BCUT2D eigenvalue weighted by Gasteiger charge is 2.32. The SMILES string of the molecule is COc1ccc(-c2cc(C3COB(O)C3)cnn2)c2c1OC(C)(C)CC2. The van der Waals surface area contributed by atoms with Crippen LogP contribution >= 0.6 is 0 Å². The van der Waals surface area contributed by atoms with Crippen LogP contribution in [0.25, 0.3) is 11.3 Å². The van der Waals surface area contributed by atoms with Crippen molar-refractivity contribution in [1.82, 2.24) is 10.2 Å². The summed E-state index contributed by atoms with van der Waals surface area (Å²) in [6.07, 6.45) is 4.16. The number of benzene rings is 1. The topological polar surface area (TPSA) is 73.7 Å². The molecule has 1 N–H and O–H groups in total. The first-order valence-electron chi connectivity index (χ1n) is 8.98. The van der Waals surface area contributed by atoms with E-state index in [1.54, 1.807) is 13.3 Å². The highest BCUT2D eigenvalue weighted by molar-refractivity contribution is 6.43. The van der Waals surface area contributed by atoms with Gasteiger partial charge < -0.3 is 19.2 Å². The average Bonchev–Trinajstić information content (AvgIpc) is 3.06. The molecule has 4 rings (SSSR count). The molecule has 6 nitrogen and oxygen atoms in total. The van der Waals surface area contributed by atoms with Crippen LogP contribution in [0.15, 0.2) is 24.4 Å². The van der Waals surface area contributed by atoms with Crippen molar-refractivity contribution in [2.75, 3.05) is 13.7 Å². The van der Waals surface area contributed by atoms with Gasteiger partial charge in [0.05, 0.1) is 19.0 Å². The number of hydrogen-bond acceptors (Lipinski definition) is 6. The van der Waals surface area contributed by atoms with E-state index in [1.807, 2.05) is 18.2 Å². The molecule has 0 aliphatic carbocycles. The minimum absolute atomic E-state index is 0.142. The van der Waals surface area contributed by atoms with E-state index in [1.165, 1.54) is 0 Å². The van der Waals surface area contributed by atoms with Gasteiger partial charge in [-0.15, -0.1) is 0 Å². The van der Waals surface area contributed by atoms with Crippen LogP contribution in [-0.4, -0.2) is 41.7 Å². The first-order chi connectivity index (χ1) is 12.5. The first kappa shape index (κ1) is 17.3. The third-order valence-corrected chi connectivity index (χ3v) is 5.20. The monoisotopic (exact) mass is 354 g/mol. The Bertz CT molecular complexity index is 827. The molecular weight excluding hydrogens is 331 g/mol. The maximum absolute atomic E-state index is 9.62. The zero-order chi connectivity index (χ0) is 18.3. The Morgan fingerprint density at radius 2 is 2.19 bits per heavy atom. The van der Waals surface area contributed by atoms with Crippen LogP contribution in [0.3, 0.4) is 0 Å². The van der Waals surface area contributed by atoms with Crippen molar-refractivity contribution in [2.45, 2.75) is 44.5 Å². The number of aromatic nitrogens is 2. The van der Waals surface area contributed by atoms with Gasteiger partial charge in [-0.1, -0.05) is 0 Å². The molecule has 3 heterocycles. The second kappa shape index (κ2) is 6.56. The van der Waals surface area contributed by atoms with Crippen molar-refractivity contribution in [3.8, 4) is 22.8 Å². The molecule has 1 aromatic heterocycles. The summed E-state index contributed by atoms with van der Waals surface area (Å²) >= 11 is 0. The van der Waals surface area contributed by atoms with E-state index >= 15 is 0 Å². The molecule has 1 unspecified atom stereocenters. The minimum atomic E-state index is -0.694. The molecule has 0 amide bonds. The Hall–Kier alpha value is -2.12. The van der Waals surface area contributed by atoms with Gasteiger partial charge in [-0.3, -0.25) is 0 Å². The van der Waals surface area contributed by atoms with Crippen molar-refractivity contribution in [2.24, 2.45) is 0 Å². The lowest BCUT2D eigenvalue weighted by Gasteiger charge is -2.34. The van der Waals surface area contributed by atoms with E-state index in [0.29, 0.717) is 12.9 Å². The van der Waals surface area contributed by atoms with Crippen molar-refractivity contribution in [1.29, 1.82) is 0 Å². The second-order valence-electron chi connectivity index (χ2n) is 7.58. The lowest BCUT2D eigenvalue weighted by Crippen LogP contribution is -2.33. The minimum Gasteiger partial charge on any atom is -0.493 e. The van der Waals surface area contributed by atoms with E-state index in [4.69, 9.17) is 14.1 Å². The molecule has 1 saturated heterocycles. The standard InChI is InChI=1S/C19H23BN2O4/c1-19(2)7-6-15-14(4-5-17(24-3)18(15)26-19)16-8-12(10-21-22-16)13-9-20(23)25-11-13/h4-5,8,10,13,23H,6-7,9,11H2,1-3H3. The zero-order valence-corrected chi connectivity index (χ0v) is 15.4. The van der Waals surface area contributed by atoms with Crippen LogP contribution in [0.2, 0.25) is 6.32 Å².